The standard InChI is InChI=1S/C22H20N6O4/c1-13-7-8-14(19-25-21(32-26-19)16-5-4-10-28(16)22(30)31)11-15(13)24-20(29)17-12-23-18-6-2-3-9-27(17)18/h2-3,6-9,11-12,16H,4-5,10H2,1H3,(H,24,29)(H,30,31)/t16-/m0/s1. The molecule has 1 aliphatic heterocycles. The molecule has 0 bridgehead atoms. The summed E-state index contributed by atoms with van der Waals surface area (Å²) in [5, 5.41) is 16.3. The van der Waals surface area contributed by atoms with Crippen LogP contribution >= 0.6 is 0 Å². The molecular weight excluding hydrogens is 412 g/mol. The lowest BCUT2D eigenvalue weighted by molar-refractivity contribution is 0.102. The van der Waals surface area contributed by atoms with E-state index in [2.05, 4.69) is 20.4 Å². The van der Waals surface area contributed by atoms with Gasteiger partial charge < -0.3 is 14.9 Å². The molecule has 1 saturated heterocycles. The van der Waals surface area contributed by atoms with Crippen molar-refractivity contribution in [2.75, 3.05) is 11.9 Å². The van der Waals surface area contributed by atoms with Gasteiger partial charge in [0.25, 0.3) is 5.91 Å². The van der Waals surface area contributed by atoms with Gasteiger partial charge in [-0.15, -0.1) is 0 Å². The number of likely N-dealkylation sites (tertiary alicyclic amines) is 1. The molecule has 0 radical (unpaired) electrons. The van der Waals surface area contributed by atoms with E-state index in [1.54, 1.807) is 16.7 Å². The van der Waals surface area contributed by atoms with Crippen molar-refractivity contribution in [3.8, 4) is 11.4 Å². The minimum atomic E-state index is -1.00. The fraction of sp³-hybridized carbons (Fsp3) is 0.227. The van der Waals surface area contributed by atoms with Crippen molar-refractivity contribution in [2.24, 2.45) is 0 Å². The van der Waals surface area contributed by atoms with Crippen LogP contribution in [0.25, 0.3) is 17.0 Å². The Hall–Kier alpha value is -4.21. The SMILES string of the molecule is Cc1ccc(-c2noc([C@@H]3CCCN3C(=O)O)n2)cc1NC(=O)c1cnc2ccccn12. The van der Waals surface area contributed by atoms with Crippen LogP contribution in [0.2, 0.25) is 0 Å². The van der Waals surface area contributed by atoms with Crippen molar-refractivity contribution >= 4 is 23.3 Å². The van der Waals surface area contributed by atoms with E-state index in [9.17, 15) is 14.7 Å². The van der Waals surface area contributed by atoms with Crippen LogP contribution in [0.5, 0.6) is 0 Å². The van der Waals surface area contributed by atoms with Gasteiger partial charge in [-0.2, -0.15) is 4.98 Å². The third-order valence-electron chi connectivity index (χ3n) is 5.62. The van der Waals surface area contributed by atoms with E-state index in [1.165, 1.54) is 11.1 Å². The summed E-state index contributed by atoms with van der Waals surface area (Å²) in [5.74, 6) is 0.320. The summed E-state index contributed by atoms with van der Waals surface area (Å²) in [4.78, 5) is 34.3. The van der Waals surface area contributed by atoms with Crippen molar-refractivity contribution in [3.63, 3.8) is 0 Å². The van der Waals surface area contributed by atoms with E-state index in [-0.39, 0.29) is 11.8 Å². The molecule has 4 aromatic rings. The van der Waals surface area contributed by atoms with E-state index in [0.717, 1.165) is 12.0 Å². The van der Waals surface area contributed by atoms with Gasteiger partial charge in [-0.1, -0.05) is 23.4 Å². The second kappa shape index (κ2) is 7.80. The number of hydrogen-bond donors (Lipinski definition) is 2. The van der Waals surface area contributed by atoms with Gasteiger partial charge in [0.05, 0.1) is 6.20 Å². The number of amides is 2. The number of nitrogens with zero attached hydrogens (tertiary/aromatic N) is 5. The second-order valence-corrected chi connectivity index (χ2v) is 7.65. The molecule has 1 fully saturated rings. The first-order valence-electron chi connectivity index (χ1n) is 10.2. The highest BCUT2D eigenvalue weighted by molar-refractivity contribution is 6.04. The summed E-state index contributed by atoms with van der Waals surface area (Å²) >= 11 is 0. The van der Waals surface area contributed by atoms with Crippen molar-refractivity contribution in [1.29, 1.82) is 0 Å². The number of hydrogen-bond acceptors (Lipinski definition) is 6. The molecule has 3 aromatic heterocycles. The van der Waals surface area contributed by atoms with Gasteiger partial charge in [0, 0.05) is 24.0 Å². The highest BCUT2D eigenvalue weighted by atomic mass is 16.5. The highest BCUT2D eigenvalue weighted by Crippen LogP contribution is 2.32. The molecule has 2 amide bonds. The van der Waals surface area contributed by atoms with Crippen LogP contribution in [0.1, 0.15) is 40.8 Å². The molecule has 0 aliphatic carbocycles. The molecule has 1 aliphatic rings. The molecule has 32 heavy (non-hydrogen) atoms. The number of rotatable bonds is 4. The van der Waals surface area contributed by atoms with E-state index in [4.69, 9.17) is 4.52 Å². The quantitative estimate of drug-likeness (QED) is 0.503. The number of carboxylic acid groups (broad SMARTS) is 1. The molecule has 1 atom stereocenters. The Morgan fingerprint density at radius 2 is 2.12 bits per heavy atom. The normalized spacial score (nSPS) is 15.9. The first-order valence-corrected chi connectivity index (χ1v) is 10.2. The molecule has 10 nitrogen and oxygen atoms in total. The van der Waals surface area contributed by atoms with Gasteiger partial charge in [-0.05, 0) is 43.5 Å². The molecule has 1 aromatic carbocycles. The van der Waals surface area contributed by atoms with Gasteiger partial charge in [-0.3, -0.25) is 14.1 Å². The smallest absolute Gasteiger partial charge is 0.407 e. The zero-order valence-corrected chi connectivity index (χ0v) is 17.2. The van der Waals surface area contributed by atoms with Crippen LogP contribution in [-0.4, -0.2) is 48.1 Å². The third-order valence-corrected chi connectivity index (χ3v) is 5.62. The maximum atomic E-state index is 12.9. The molecule has 5 rings (SSSR count). The van der Waals surface area contributed by atoms with E-state index in [1.807, 2.05) is 37.3 Å². The highest BCUT2D eigenvalue weighted by Gasteiger charge is 2.34. The van der Waals surface area contributed by atoms with Crippen LogP contribution < -0.4 is 5.32 Å². The average molecular weight is 432 g/mol. The zero-order chi connectivity index (χ0) is 22.2. The predicted molar refractivity (Wildman–Crippen MR) is 114 cm³/mol. The summed E-state index contributed by atoms with van der Waals surface area (Å²) in [6.45, 7) is 2.33. The molecule has 2 N–H and O–H groups in total. The third kappa shape index (κ3) is 3.45. The Bertz CT molecular complexity index is 1330. The number of carbonyl (C=O) groups excluding carboxylic acids is 1. The minimum Gasteiger partial charge on any atom is -0.465 e. The summed E-state index contributed by atoms with van der Waals surface area (Å²) < 4.78 is 7.09. The Kier molecular flexibility index (Phi) is 4.81. The monoisotopic (exact) mass is 432 g/mol. The lowest BCUT2D eigenvalue weighted by Gasteiger charge is -2.17. The van der Waals surface area contributed by atoms with Gasteiger partial charge in [0.1, 0.15) is 17.4 Å². The summed E-state index contributed by atoms with van der Waals surface area (Å²) in [6.07, 6.45) is 3.71. The Morgan fingerprint density at radius 3 is 2.97 bits per heavy atom. The van der Waals surface area contributed by atoms with Crippen molar-refractivity contribution < 1.29 is 19.2 Å². The number of fused-ring (bicyclic) bond motifs is 1. The fourth-order valence-electron chi connectivity index (χ4n) is 3.92. The molecule has 0 saturated carbocycles. The Morgan fingerprint density at radius 1 is 1.25 bits per heavy atom. The topological polar surface area (TPSA) is 126 Å². The first kappa shape index (κ1) is 19.7. The van der Waals surface area contributed by atoms with Crippen molar-refractivity contribution in [1.82, 2.24) is 24.4 Å². The van der Waals surface area contributed by atoms with Crippen molar-refractivity contribution in [2.45, 2.75) is 25.8 Å². The van der Waals surface area contributed by atoms with Gasteiger partial charge >= 0.3 is 6.09 Å². The van der Waals surface area contributed by atoms with E-state index in [0.29, 0.717) is 41.4 Å². The summed E-state index contributed by atoms with van der Waals surface area (Å²) in [6, 6.07) is 10.5. The maximum absolute atomic E-state index is 12.9. The number of aromatic nitrogens is 4. The molecule has 0 spiro atoms. The summed E-state index contributed by atoms with van der Waals surface area (Å²) in [7, 11) is 0. The van der Waals surface area contributed by atoms with Crippen LogP contribution in [0.4, 0.5) is 10.5 Å². The van der Waals surface area contributed by atoms with E-state index >= 15 is 0 Å². The number of nitrogens with one attached hydrogen (secondary N) is 1. The summed E-state index contributed by atoms with van der Waals surface area (Å²) in [5.41, 5.74) is 3.23. The average Bonchev–Trinajstić information content (AvgIpc) is 3.53. The molecule has 10 heteroatoms. The number of aryl methyl sites for hydroxylation is 1. The first-order chi connectivity index (χ1) is 15.5. The van der Waals surface area contributed by atoms with Crippen LogP contribution in [0.15, 0.2) is 53.3 Å². The predicted octanol–water partition coefficient (Wildman–Crippen LogP) is 3.76. The zero-order valence-electron chi connectivity index (χ0n) is 17.2. The lowest BCUT2D eigenvalue weighted by Crippen LogP contribution is -2.28. The van der Waals surface area contributed by atoms with Crippen LogP contribution in [-0.2, 0) is 0 Å². The number of benzene rings is 1. The lowest BCUT2D eigenvalue weighted by atomic mass is 10.1. The molecular formula is C22H20N6O4. The van der Waals surface area contributed by atoms with Gasteiger partial charge in [0.2, 0.25) is 11.7 Å². The molecule has 0 unspecified atom stereocenters. The number of carbonyl (C=O) groups is 2. The van der Waals surface area contributed by atoms with Gasteiger partial charge in [-0.25, -0.2) is 9.78 Å². The molecule has 4 heterocycles. The Labute approximate surface area is 182 Å². The van der Waals surface area contributed by atoms with Crippen LogP contribution in [0, 0.1) is 6.92 Å². The fourth-order valence-corrected chi connectivity index (χ4v) is 3.92. The maximum Gasteiger partial charge on any atom is 0.407 e. The second-order valence-electron chi connectivity index (χ2n) is 7.65. The minimum absolute atomic E-state index is 0.275. The molecule has 162 valence electrons. The van der Waals surface area contributed by atoms with Crippen molar-refractivity contribution in [3.05, 3.63) is 65.9 Å². The van der Waals surface area contributed by atoms with Crippen LogP contribution in [0.3, 0.4) is 0 Å². The number of pyridine rings is 1. The number of imidazole rings is 1. The number of anilines is 1. The Balaban J connectivity index is 1.40. The van der Waals surface area contributed by atoms with E-state index < -0.39 is 12.1 Å². The van der Waals surface area contributed by atoms with Gasteiger partial charge in [0.15, 0.2) is 0 Å². The largest absolute Gasteiger partial charge is 0.465 e.